The lowest BCUT2D eigenvalue weighted by atomic mass is 9.96. The Bertz CT molecular complexity index is 1730. The predicted molar refractivity (Wildman–Crippen MR) is 168 cm³/mol. The van der Waals surface area contributed by atoms with Gasteiger partial charge >= 0.3 is 0 Å². The van der Waals surface area contributed by atoms with Gasteiger partial charge in [0.15, 0.2) is 5.82 Å². The highest BCUT2D eigenvalue weighted by molar-refractivity contribution is 7.89. The number of hydrogen-bond acceptors (Lipinski definition) is 8. The molecule has 4 heterocycles. The number of nitrogens with one attached hydrogen (secondary N) is 1. The first-order valence-electron chi connectivity index (χ1n) is 15.1. The highest BCUT2D eigenvalue weighted by atomic mass is 32.2. The molecule has 0 spiro atoms. The van der Waals surface area contributed by atoms with Crippen LogP contribution in [-0.2, 0) is 27.6 Å². The van der Waals surface area contributed by atoms with Crippen LogP contribution in [0.5, 0.6) is 0 Å². The maximum Gasteiger partial charge on any atom is 0.253 e. The van der Waals surface area contributed by atoms with Crippen molar-refractivity contribution in [2.24, 2.45) is 0 Å². The van der Waals surface area contributed by atoms with Crippen molar-refractivity contribution in [1.82, 2.24) is 19.6 Å². The fraction of sp³-hybridized carbons (Fsp3) is 0.406. The third-order valence-corrected chi connectivity index (χ3v) is 11.3. The molecule has 9 nitrogen and oxygen atoms in total. The van der Waals surface area contributed by atoms with Gasteiger partial charge in [-0.3, -0.25) is 4.79 Å². The molecule has 11 heteroatoms. The molecular weight excluding hydrogens is 583 g/mol. The van der Waals surface area contributed by atoms with Crippen molar-refractivity contribution in [3.05, 3.63) is 70.6 Å². The minimum atomic E-state index is -3.67. The number of aromatic nitrogens is 2. The zero-order chi connectivity index (χ0) is 29.4. The molecule has 1 atom stereocenters. The Morgan fingerprint density at radius 3 is 2.47 bits per heavy atom. The Kier molecular flexibility index (Phi) is 7.89. The van der Waals surface area contributed by atoms with Crippen LogP contribution in [0.4, 0.5) is 5.82 Å². The van der Waals surface area contributed by atoms with Crippen LogP contribution >= 0.6 is 11.3 Å². The first-order valence-corrected chi connectivity index (χ1v) is 17.4. The molecule has 7 rings (SSSR count). The molecule has 1 N–H and O–H groups in total. The first-order chi connectivity index (χ1) is 21.0. The van der Waals surface area contributed by atoms with Crippen LogP contribution in [0.1, 0.15) is 46.5 Å². The van der Waals surface area contributed by atoms with Crippen LogP contribution < -0.4 is 9.62 Å². The van der Waals surface area contributed by atoms with Crippen molar-refractivity contribution in [2.45, 2.75) is 49.5 Å². The van der Waals surface area contributed by atoms with Crippen LogP contribution in [0.2, 0.25) is 0 Å². The number of sulfonamides is 1. The van der Waals surface area contributed by atoms with E-state index in [1.807, 2.05) is 35.2 Å². The molecule has 2 aromatic carbocycles. The van der Waals surface area contributed by atoms with Gasteiger partial charge in [-0.25, -0.2) is 23.1 Å². The summed E-state index contributed by atoms with van der Waals surface area (Å²) in [6.07, 6.45) is 6.29. The molecule has 224 valence electrons. The van der Waals surface area contributed by atoms with Crippen LogP contribution in [0.3, 0.4) is 0 Å². The molecule has 43 heavy (non-hydrogen) atoms. The quantitative estimate of drug-likeness (QED) is 0.322. The van der Waals surface area contributed by atoms with Gasteiger partial charge in [0.2, 0.25) is 10.0 Å². The second-order valence-electron chi connectivity index (χ2n) is 11.4. The van der Waals surface area contributed by atoms with Gasteiger partial charge in [-0.2, -0.15) is 0 Å². The Labute approximate surface area is 256 Å². The minimum absolute atomic E-state index is 0.0807. The van der Waals surface area contributed by atoms with Gasteiger partial charge in [-0.05, 0) is 68.4 Å². The SMILES string of the molecule is O=C(c1ccc(S(=O)(=O)NCC2CCCO2)cc1)N1CCN(c2nc(-c3ccccc3)nc3sc4c(c23)CCCC4)CC1. The number of carbonyl (C=O) groups is 1. The van der Waals surface area contributed by atoms with E-state index in [0.29, 0.717) is 38.3 Å². The number of anilines is 1. The Morgan fingerprint density at radius 1 is 0.953 bits per heavy atom. The molecule has 1 unspecified atom stereocenters. The normalized spacial score (nSPS) is 19.1. The van der Waals surface area contributed by atoms with Crippen molar-refractivity contribution < 1.29 is 17.9 Å². The number of fused-ring (bicyclic) bond motifs is 3. The summed E-state index contributed by atoms with van der Waals surface area (Å²) in [4.78, 5) is 30.3. The van der Waals surface area contributed by atoms with Crippen LogP contribution in [0, 0.1) is 0 Å². The number of thiophene rings is 1. The largest absolute Gasteiger partial charge is 0.377 e. The summed E-state index contributed by atoms with van der Waals surface area (Å²) in [5.74, 6) is 1.61. The van der Waals surface area contributed by atoms with Crippen molar-refractivity contribution in [3.8, 4) is 11.4 Å². The molecule has 0 bridgehead atoms. The monoisotopic (exact) mass is 617 g/mol. The Hall–Kier alpha value is -3.38. The van der Waals surface area contributed by atoms with E-state index in [4.69, 9.17) is 14.7 Å². The van der Waals surface area contributed by atoms with Gasteiger partial charge in [0, 0.05) is 55.3 Å². The smallest absolute Gasteiger partial charge is 0.253 e. The summed E-state index contributed by atoms with van der Waals surface area (Å²) in [6.45, 7) is 3.37. The number of piperazine rings is 1. The van der Waals surface area contributed by atoms with Gasteiger partial charge in [-0.15, -0.1) is 11.3 Å². The van der Waals surface area contributed by atoms with E-state index < -0.39 is 10.0 Å². The van der Waals surface area contributed by atoms with Crippen LogP contribution in [0.25, 0.3) is 21.6 Å². The number of hydrogen-bond donors (Lipinski definition) is 1. The molecule has 0 radical (unpaired) electrons. The Morgan fingerprint density at radius 2 is 1.72 bits per heavy atom. The van der Waals surface area contributed by atoms with Crippen molar-refractivity contribution in [1.29, 1.82) is 0 Å². The standard InChI is InChI=1S/C32H35N5O4S2/c38-32(23-12-14-25(15-13-23)43(39,40)33-21-24-9-6-20-41-24)37-18-16-36(17-19-37)30-28-26-10-4-5-11-27(26)42-31(28)35-29(34-30)22-7-2-1-3-8-22/h1-3,7-8,12-15,24,33H,4-6,9-11,16-21H2. The lowest BCUT2D eigenvalue weighted by Crippen LogP contribution is -2.49. The van der Waals surface area contributed by atoms with Gasteiger partial charge in [0.05, 0.1) is 16.4 Å². The summed E-state index contributed by atoms with van der Waals surface area (Å²) in [5.41, 5.74) is 2.88. The fourth-order valence-electron chi connectivity index (χ4n) is 6.26. The van der Waals surface area contributed by atoms with E-state index in [2.05, 4.69) is 9.62 Å². The summed E-state index contributed by atoms with van der Waals surface area (Å²) in [7, 11) is -3.67. The van der Waals surface area contributed by atoms with Gasteiger partial charge in [-0.1, -0.05) is 30.3 Å². The van der Waals surface area contributed by atoms with Crippen molar-refractivity contribution in [2.75, 3.05) is 44.2 Å². The highest BCUT2D eigenvalue weighted by Gasteiger charge is 2.28. The lowest BCUT2D eigenvalue weighted by Gasteiger charge is -2.36. The average molecular weight is 618 g/mol. The summed E-state index contributed by atoms with van der Waals surface area (Å²) in [5, 5.41) is 1.18. The lowest BCUT2D eigenvalue weighted by molar-refractivity contribution is 0.0746. The topological polar surface area (TPSA) is 105 Å². The summed E-state index contributed by atoms with van der Waals surface area (Å²) < 4.78 is 33.6. The van der Waals surface area contributed by atoms with E-state index in [1.54, 1.807) is 23.5 Å². The number of amides is 1. The van der Waals surface area contributed by atoms with Crippen molar-refractivity contribution in [3.63, 3.8) is 0 Å². The summed E-state index contributed by atoms with van der Waals surface area (Å²) >= 11 is 1.81. The van der Waals surface area contributed by atoms with Gasteiger partial charge in [0.25, 0.3) is 5.91 Å². The number of nitrogens with zero attached hydrogens (tertiary/aromatic N) is 4. The third kappa shape index (κ3) is 5.78. The second kappa shape index (κ2) is 12.0. The molecule has 4 aromatic rings. The molecule has 2 aliphatic heterocycles. The van der Waals surface area contributed by atoms with E-state index in [1.165, 1.54) is 40.8 Å². The number of carbonyl (C=O) groups excluding carboxylic acids is 1. The molecule has 1 aliphatic carbocycles. The Balaban J connectivity index is 1.07. The van der Waals surface area contributed by atoms with Crippen LogP contribution in [0.15, 0.2) is 59.5 Å². The predicted octanol–water partition coefficient (Wildman–Crippen LogP) is 4.66. The molecule has 2 fully saturated rings. The zero-order valence-corrected chi connectivity index (χ0v) is 25.6. The molecule has 0 saturated carbocycles. The van der Waals surface area contributed by atoms with Gasteiger partial charge in [0.1, 0.15) is 10.6 Å². The van der Waals surface area contributed by atoms with E-state index in [0.717, 1.165) is 47.7 Å². The molecule has 2 saturated heterocycles. The number of rotatable bonds is 7. The van der Waals surface area contributed by atoms with Crippen molar-refractivity contribution >= 4 is 43.3 Å². The number of ether oxygens (including phenoxy) is 1. The number of aryl methyl sites for hydroxylation is 2. The molecular formula is C32H35N5O4S2. The maximum atomic E-state index is 13.4. The third-order valence-electron chi connectivity index (χ3n) is 8.63. The van der Waals surface area contributed by atoms with E-state index in [9.17, 15) is 13.2 Å². The number of benzene rings is 2. The zero-order valence-electron chi connectivity index (χ0n) is 24.0. The van der Waals surface area contributed by atoms with Gasteiger partial charge < -0.3 is 14.5 Å². The molecule has 3 aliphatic rings. The molecule has 2 aromatic heterocycles. The van der Waals surface area contributed by atoms with E-state index in [-0.39, 0.29) is 23.5 Å². The first kappa shape index (κ1) is 28.4. The fourth-order valence-corrected chi connectivity index (χ4v) is 8.58. The summed E-state index contributed by atoms with van der Waals surface area (Å²) in [6, 6.07) is 16.3. The minimum Gasteiger partial charge on any atom is -0.377 e. The highest BCUT2D eigenvalue weighted by Crippen LogP contribution is 2.41. The second-order valence-corrected chi connectivity index (χ2v) is 14.3. The maximum absolute atomic E-state index is 13.4. The van der Waals surface area contributed by atoms with E-state index >= 15 is 0 Å². The molecule has 1 amide bonds. The van der Waals surface area contributed by atoms with Crippen LogP contribution in [-0.4, -0.2) is 74.6 Å². The average Bonchev–Trinajstić information content (AvgIpc) is 3.72.